The summed E-state index contributed by atoms with van der Waals surface area (Å²) in [6.45, 7) is 7.77. The van der Waals surface area contributed by atoms with E-state index in [-0.39, 0.29) is 0 Å². The molecular formula is C13H20BrNO. The Morgan fingerprint density at radius 3 is 2.88 bits per heavy atom. The molecule has 0 spiro atoms. The zero-order chi connectivity index (χ0) is 11.8. The largest absolute Gasteiger partial charge is 0.382 e. The van der Waals surface area contributed by atoms with Crippen molar-refractivity contribution in [2.45, 2.75) is 26.8 Å². The van der Waals surface area contributed by atoms with Crippen molar-refractivity contribution in [3.05, 3.63) is 33.8 Å². The Morgan fingerprint density at radius 1 is 1.38 bits per heavy atom. The standard InChI is InChI=1S/C13H20BrNO/c1-3-16-8-4-7-15-10-12-5-6-13(14)9-11(12)2/h5-6,9,15H,3-4,7-8,10H2,1-2H3. The van der Waals surface area contributed by atoms with E-state index >= 15 is 0 Å². The molecule has 90 valence electrons. The molecule has 0 unspecified atom stereocenters. The Labute approximate surface area is 107 Å². The van der Waals surface area contributed by atoms with Crippen LogP contribution in [-0.4, -0.2) is 19.8 Å². The molecule has 0 aliphatic heterocycles. The van der Waals surface area contributed by atoms with Gasteiger partial charge in [0.15, 0.2) is 0 Å². The van der Waals surface area contributed by atoms with Crippen molar-refractivity contribution in [1.29, 1.82) is 0 Å². The predicted octanol–water partition coefficient (Wildman–Crippen LogP) is 3.27. The van der Waals surface area contributed by atoms with E-state index < -0.39 is 0 Å². The number of hydrogen-bond donors (Lipinski definition) is 1. The molecule has 1 rings (SSSR count). The van der Waals surface area contributed by atoms with Gasteiger partial charge < -0.3 is 10.1 Å². The second-order valence-electron chi connectivity index (χ2n) is 3.80. The first-order valence-electron chi connectivity index (χ1n) is 5.77. The van der Waals surface area contributed by atoms with Crippen LogP contribution < -0.4 is 5.32 Å². The van der Waals surface area contributed by atoms with Crippen LogP contribution in [0.15, 0.2) is 22.7 Å². The minimum absolute atomic E-state index is 0.811. The number of rotatable bonds is 7. The van der Waals surface area contributed by atoms with Crippen LogP contribution in [0.2, 0.25) is 0 Å². The Bertz CT molecular complexity index is 315. The van der Waals surface area contributed by atoms with Gasteiger partial charge in [0.05, 0.1) is 0 Å². The molecular weight excluding hydrogens is 266 g/mol. The van der Waals surface area contributed by atoms with E-state index in [1.165, 1.54) is 11.1 Å². The van der Waals surface area contributed by atoms with Crippen molar-refractivity contribution in [2.75, 3.05) is 19.8 Å². The van der Waals surface area contributed by atoms with Crippen LogP contribution in [0.25, 0.3) is 0 Å². The van der Waals surface area contributed by atoms with E-state index in [0.717, 1.165) is 37.2 Å². The second-order valence-corrected chi connectivity index (χ2v) is 4.71. The molecule has 16 heavy (non-hydrogen) atoms. The molecule has 0 heterocycles. The molecule has 0 radical (unpaired) electrons. The van der Waals surface area contributed by atoms with Crippen LogP contribution in [-0.2, 0) is 11.3 Å². The van der Waals surface area contributed by atoms with E-state index in [2.05, 4.69) is 46.4 Å². The highest BCUT2D eigenvalue weighted by atomic mass is 79.9. The highest BCUT2D eigenvalue weighted by molar-refractivity contribution is 9.10. The van der Waals surface area contributed by atoms with Crippen LogP contribution in [0.5, 0.6) is 0 Å². The third-order valence-corrected chi connectivity index (χ3v) is 2.96. The molecule has 0 aromatic heterocycles. The summed E-state index contributed by atoms with van der Waals surface area (Å²) in [4.78, 5) is 0. The van der Waals surface area contributed by atoms with Crippen LogP contribution in [0.4, 0.5) is 0 Å². The van der Waals surface area contributed by atoms with Gasteiger partial charge in [-0.15, -0.1) is 0 Å². The summed E-state index contributed by atoms with van der Waals surface area (Å²) in [7, 11) is 0. The topological polar surface area (TPSA) is 21.3 Å². The van der Waals surface area contributed by atoms with Gasteiger partial charge in [0.25, 0.3) is 0 Å². The fourth-order valence-electron chi connectivity index (χ4n) is 1.52. The van der Waals surface area contributed by atoms with Crippen molar-refractivity contribution in [3.63, 3.8) is 0 Å². The van der Waals surface area contributed by atoms with Crippen molar-refractivity contribution in [2.24, 2.45) is 0 Å². The van der Waals surface area contributed by atoms with Crippen LogP contribution in [0.3, 0.4) is 0 Å². The summed E-state index contributed by atoms with van der Waals surface area (Å²) in [5, 5.41) is 3.43. The van der Waals surface area contributed by atoms with Crippen molar-refractivity contribution >= 4 is 15.9 Å². The van der Waals surface area contributed by atoms with Gasteiger partial charge in [-0.1, -0.05) is 22.0 Å². The molecule has 2 nitrogen and oxygen atoms in total. The highest BCUT2D eigenvalue weighted by Crippen LogP contribution is 2.15. The van der Waals surface area contributed by atoms with Crippen molar-refractivity contribution in [3.8, 4) is 0 Å². The van der Waals surface area contributed by atoms with Gasteiger partial charge in [-0.2, -0.15) is 0 Å². The SMILES string of the molecule is CCOCCCNCc1ccc(Br)cc1C. The average Bonchev–Trinajstić information content (AvgIpc) is 2.26. The molecule has 0 aliphatic carbocycles. The lowest BCUT2D eigenvalue weighted by molar-refractivity contribution is 0.144. The number of hydrogen-bond acceptors (Lipinski definition) is 2. The number of ether oxygens (including phenoxy) is 1. The second kappa shape index (κ2) is 7.82. The molecule has 0 aliphatic rings. The Kier molecular flexibility index (Phi) is 6.69. The fourth-order valence-corrected chi connectivity index (χ4v) is 2.00. The summed E-state index contributed by atoms with van der Waals surface area (Å²) in [6, 6.07) is 6.40. The lowest BCUT2D eigenvalue weighted by Gasteiger charge is -2.08. The van der Waals surface area contributed by atoms with E-state index in [9.17, 15) is 0 Å². The molecule has 0 atom stereocenters. The maximum Gasteiger partial charge on any atom is 0.0477 e. The molecule has 1 aromatic carbocycles. The number of aryl methyl sites for hydroxylation is 1. The fraction of sp³-hybridized carbons (Fsp3) is 0.538. The first-order chi connectivity index (χ1) is 7.74. The minimum Gasteiger partial charge on any atom is -0.382 e. The third-order valence-electron chi connectivity index (χ3n) is 2.47. The normalized spacial score (nSPS) is 10.7. The van der Waals surface area contributed by atoms with Crippen molar-refractivity contribution < 1.29 is 4.74 Å². The minimum atomic E-state index is 0.811. The number of nitrogens with one attached hydrogen (secondary N) is 1. The molecule has 0 saturated carbocycles. The summed E-state index contributed by atoms with van der Waals surface area (Å²) in [5.41, 5.74) is 2.69. The van der Waals surface area contributed by atoms with Gasteiger partial charge in [0.1, 0.15) is 0 Å². The van der Waals surface area contributed by atoms with Gasteiger partial charge in [-0.3, -0.25) is 0 Å². The smallest absolute Gasteiger partial charge is 0.0477 e. The first-order valence-corrected chi connectivity index (χ1v) is 6.57. The Morgan fingerprint density at radius 2 is 2.19 bits per heavy atom. The zero-order valence-electron chi connectivity index (χ0n) is 10.1. The van der Waals surface area contributed by atoms with Gasteiger partial charge >= 0.3 is 0 Å². The lowest BCUT2D eigenvalue weighted by Crippen LogP contribution is -2.17. The molecule has 0 saturated heterocycles. The zero-order valence-corrected chi connectivity index (χ0v) is 11.6. The lowest BCUT2D eigenvalue weighted by atomic mass is 10.1. The third kappa shape index (κ3) is 5.10. The Hall–Kier alpha value is -0.380. The summed E-state index contributed by atoms with van der Waals surface area (Å²) >= 11 is 3.47. The molecule has 0 fully saturated rings. The number of benzene rings is 1. The van der Waals surface area contributed by atoms with Crippen LogP contribution >= 0.6 is 15.9 Å². The molecule has 0 amide bonds. The highest BCUT2D eigenvalue weighted by Gasteiger charge is 1.98. The summed E-state index contributed by atoms with van der Waals surface area (Å²) < 4.78 is 6.42. The van der Waals surface area contributed by atoms with Crippen LogP contribution in [0.1, 0.15) is 24.5 Å². The maximum atomic E-state index is 5.28. The van der Waals surface area contributed by atoms with E-state index in [1.54, 1.807) is 0 Å². The predicted molar refractivity (Wildman–Crippen MR) is 71.7 cm³/mol. The molecule has 3 heteroatoms. The first kappa shape index (κ1) is 13.7. The van der Waals surface area contributed by atoms with Crippen LogP contribution in [0, 0.1) is 6.92 Å². The average molecular weight is 286 g/mol. The van der Waals surface area contributed by atoms with Crippen molar-refractivity contribution in [1.82, 2.24) is 5.32 Å². The van der Waals surface area contributed by atoms with E-state index in [1.807, 2.05) is 6.92 Å². The quantitative estimate of drug-likeness (QED) is 0.777. The van der Waals surface area contributed by atoms with E-state index in [0.29, 0.717) is 0 Å². The Balaban J connectivity index is 2.21. The molecule has 1 aromatic rings. The summed E-state index contributed by atoms with van der Waals surface area (Å²) in [6.07, 6.45) is 1.07. The molecule has 1 N–H and O–H groups in total. The van der Waals surface area contributed by atoms with Gasteiger partial charge in [-0.05, 0) is 50.1 Å². The summed E-state index contributed by atoms with van der Waals surface area (Å²) in [5.74, 6) is 0. The molecule has 0 bridgehead atoms. The number of halogens is 1. The van der Waals surface area contributed by atoms with Gasteiger partial charge in [0, 0.05) is 24.2 Å². The van der Waals surface area contributed by atoms with E-state index in [4.69, 9.17) is 4.74 Å². The monoisotopic (exact) mass is 285 g/mol. The van der Waals surface area contributed by atoms with Gasteiger partial charge in [-0.25, -0.2) is 0 Å². The maximum absolute atomic E-state index is 5.28. The van der Waals surface area contributed by atoms with Gasteiger partial charge in [0.2, 0.25) is 0 Å².